The molecule has 2 aromatic carbocycles. The number of nitrogens with one attached hydrogen (secondary N) is 1. The van der Waals surface area contributed by atoms with Gasteiger partial charge in [-0.15, -0.1) is 5.10 Å². The van der Waals surface area contributed by atoms with Gasteiger partial charge in [0, 0.05) is 23.4 Å². The van der Waals surface area contributed by atoms with Crippen LogP contribution in [0.1, 0.15) is 47.6 Å². The number of rotatable bonds is 4. The van der Waals surface area contributed by atoms with Crippen LogP contribution in [0.4, 0.5) is 5.95 Å². The number of carbonyl (C=O) groups excluding carboxylic acids is 1. The third kappa shape index (κ3) is 3.35. The molecule has 0 saturated heterocycles. The highest BCUT2D eigenvalue weighted by atomic mass is 32.2. The van der Waals surface area contributed by atoms with E-state index in [1.807, 2.05) is 16.8 Å². The lowest BCUT2D eigenvalue weighted by atomic mass is 9.84. The summed E-state index contributed by atoms with van der Waals surface area (Å²) in [5, 5.41) is 8.98. The average Bonchev–Trinajstić information content (AvgIpc) is 3.15. The molecule has 0 bridgehead atoms. The Morgan fingerprint density at radius 3 is 2.63 bits per heavy atom. The Balaban J connectivity index is 1.53. The minimum Gasteiger partial charge on any atom is -0.328 e. The predicted molar refractivity (Wildman–Crippen MR) is 120 cm³/mol. The molecule has 1 aromatic heterocycles. The van der Waals surface area contributed by atoms with Gasteiger partial charge in [-0.3, -0.25) is 4.79 Å². The van der Waals surface area contributed by atoms with Crippen molar-refractivity contribution in [3.63, 3.8) is 0 Å². The lowest BCUT2D eigenvalue weighted by molar-refractivity contribution is -0.116. The van der Waals surface area contributed by atoms with Crippen molar-refractivity contribution < 1.29 is 4.79 Å². The largest absolute Gasteiger partial charge is 0.328 e. The van der Waals surface area contributed by atoms with Gasteiger partial charge in [0.2, 0.25) is 11.1 Å². The molecule has 6 heteroatoms. The zero-order valence-corrected chi connectivity index (χ0v) is 18.0. The van der Waals surface area contributed by atoms with Crippen molar-refractivity contribution in [2.45, 2.75) is 50.1 Å². The Morgan fingerprint density at radius 1 is 1.07 bits per heavy atom. The van der Waals surface area contributed by atoms with Crippen molar-refractivity contribution in [2.75, 3.05) is 5.32 Å². The van der Waals surface area contributed by atoms with E-state index in [9.17, 15) is 4.79 Å². The third-order valence-corrected chi connectivity index (χ3v) is 6.84. The number of thioether (sulfide) groups is 1. The van der Waals surface area contributed by atoms with E-state index in [1.165, 1.54) is 11.1 Å². The Hall–Kier alpha value is -2.86. The fourth-order valence-corrected chi connectivity index (χ4v) is 5.20. The maximum absolute atomic E-state index is 12.9. The normalized spacial score (nSPS) is 18.1. The van der Waals surface area contributed by atoms with E-state index in [1.54, 1.807) is 11.8 Å². The smallest absolute Gasteiger partial charge is 0.227 e. The molecule has 5 nitrogen and oxygen atoms in total. The standard InChI is InChI=1S/C24H24N4OS/c1-15-8-3-5-10-17(15)14-30-24-26-23-25-19-12-7-13-20(29)21(19)22(28(23)27-24)18-11-6-4-9-16(18)2/h3-6,8-11,22H,7,12-14H2,1-2H3,(H,25,26,27). The van der Waals surface area contributed by atoms with E-state index in [0.29, 0.717) is 6.42 Å². The Labute approximate surface area is 180 Å². The van der Waals surface area contributed by atoms with E-state index in [4.69, 9.17) is 10.1 Å². The molecule has 1 unspecified atom stereocenters. The van der Waals surface area contributed by atoms with Crippen molar-refractivity contribution in [2.24, 2.45) is 0 Å². The highest BCUT2D eigenvalue weighted by molar-refractivity contribution is 7.98. The van der Waals surface area contributed by atoms with Gasteiger partial charge in [-0.1, -0.05) is 60.3 Å². The van der Waals surface area contributed by atoms with E-state index in [0.717, 1.165) is 52.1 Å². The Bertz CT molecular complexity index is 1160. The number of aryl methyl sites for hydroxylation is 2. The summed E-state index contributed by atoms with van der Waals surface area (Å²) in [6.07, 6.45) is 2.36. The van der Waals surface area contributed by atoms with E-state index < -0.39 is 0 Å². The molecule has 0 spiro atoms. The first-order valence-electron chi connectivity index (χ1n) is 10.3. The van der Waals surface area contributed by atoms with Gasteiger partial charge >= 0.3 is 0 Å². The van der Waals surface area contributed by atoms with Gasteiger partial charge in [0.05, 0.1) is 0 Å². The zero-order chi connectivity index (χ0) is 20.7. The van der Waals surface area contributed by atoms with Crippen molar-refractivity contribution in [1.29, 1.82) is 0 Å². The molecule has 1 aliphatic carbocycles. The SMILES string of the molecule is Cc1ccccc1CSc1nc2n(n1)C(c1ccccc1C)C1=C(CCCC1=O)N2. The minimum absolute atomic E-state index is 0.215. The highest BCUT2D eigenvalue weighted by Gasteiger charge is 2.37. The first kappa shape index (κ1) is 19.1. The van der Waals surface area contributed by atoms with Gasteiger partial charge in [0.1, 0.15) is 6.04 Å². The Morgan fingerprint density at radius 2 is 1.83 bits per heavy atom. The van der Waals surface area contributed by atoms with Gasteiger partial charge < -0.3 is 5.32 Å². The fourth-order valence-electron chi connectivity index (χ4n) is 4.29. The number of carbonyl (C=O) groups is 1. The van der Waals surface area contributed by atoms with Crippen LogP contribution < -0.4 is 5.32 Å². The van der Waals surface area contributed by atoms with Gasteiger partial charge in [0.25, 0.3) is 0 Å². The summed E-state index contributed by atoms with van der Waals surface area (Å²) in [4.78, 5) is 17.7. The van der Waals surface area contributed by atoms with Crippen LogP contribution in [0.15, 0.2) is 65.0 Å². The number of aromatic nitrogens is 3. The van der Waals surface area contributed by atoms with E-state index in [2.05, 4.69) is 55.6 Å². The quantitative estimate of drug-likeness (QED) is 0.592. The van der Waals surface area contributed by atoms with E-state index >= 15 is 0 Å². The first-order chi connectivity index (χ1) is 14.6. The van der Waals surface area contributed by atoms with Crippen LogP contribution in [-0.4, -0.2) is 20.5 Å². The second kappa shape index (κ2) is 7.76. The molecule has 152 valence electrons. The minimum atomic E-state index is -0.217. The lowest BCUT2D eigenvalue weighted by Crippen LogP contribution is -2.31. The number of allylic oxidation sites excluding steroid dienone is 2. The number of nitrogens with zero attached hydrogens (tertiary/aromatic N) is 3. The number of hydrogen-bond acceptors (Lipinski definition) is 5. The molecule has 0 saturated carbocycles. The van der Waals surface area contributed by atoms with Gasteiger partial charge in [0.15, 0.2) is 5.78 Å². The molecule has 0 amide bonds. The number of fused-ring (bicyclic) bond motifs is 1. The third-order valence-electron chi connectivity index (χ3n) is 5.95. The van der Waals surface area contributed by atoms with Crippen molar-refractivity contribution in [1.82, 2.24) is 14.8 Å². The molecule has 1 N–H and O–H groups in total. The number of hydrogen-bond donors (Lipinski definition) is 1. The monoisotopic (exact) mass is 416 g/mol. The van der Waals surface area contributed by atoms with Crippen molar-refractivity contribution in [3.8, 4) is 0 Å². The summed E-state index contributed by atoms with van der Waals surface area (Å²) < 4.78 is 1.91. The molecular formula is C24H24N4OS. The second-order valence-corrected chi connectivity index (χ2v) is 8.87. The number of ketones is 1. The first-order valence-corrected chi connectivity index (χ1v) is 11.3. The van der Waals surface area contributed by atoms with Gasteiger partial charge in [-0.05, 0) is 48.9 Å². The summed E-state index contributed by atoms with van der Waals surface area (Å²) >= 11 is 1.63. The van der Waals surface area contributed by atoms with E-state index in [-0.39, 0.29) is 11.8 Å². The summed E-state index contributed by atoms with van der Waals surface area (Å²) in [5.41, 5.74) is 6.69. The molecule has 30 heavy (non-hydrogen) atoms. The lowest BCUT2D eigenvalue weighted by Gasteiger charge is -2.32. The molecule has 0 fully saturated rings. The maximum atomic E-state index is 12.9. The molecule has 1 atom stereocenters. The van der Waals surface area contributed by atoms with Crippen LogP contribution in [0.2, 0.25) is 0 Å². The zero-order valence-electron chi connectivity index (χ0n) is 17.2. The van der Waals surface area contributed by atoms with Crippen LogP contribution in [0, 0.1) is 13.8 Å². The molecule has 1 aliphatic heterocycles. The molecule has 5 rings (SSSR count). The molecule has 3 aromatic rings. The molecule has 0 radical (unpaired) electrons. The van der Waals surface area contributed by atoms with Crippen LogP contribution in [0.25, 0.3) is 0 Å². The highest BCUT2D eigenvalue weighted by Crippen LogP contribution is 2.41. The predicted octanol–water partition coefficient (Wildman–Crippen LogP) is 5.21. The second-order valence-electron chi connectivity index (χ2n) is 7.93. The maximum Gasteiger partial charge on any atom is 0.227 e. The molecular weight excluding hydrogens is 392 g/mol. The average molecular weight is 417 g/mol. The molecule has 2 aliphatic rings. The van der Waals surface area contributed by atoms with Crippen molar-refractivity contribution >= 4 is 23.5 Å². The van der Waals surface area contributed by atoms with Crippen LogP contribution >= 0.6 is 11.8 Å². The topological polar surface area (TPSA) is 59.8 Å². The van der Waals surface area contributed by atoms with Crippen molar-refractivity contribution in [3.05, 3.63) is 82.1 Å². The Kier molecular flexibility index (Phi) is 4.95. The summed E-state index contributed by atoms with van der Waals surface area (Å²) in [7, 11) is 0. The van der Waals surface area contributed by atoms with Crippen LogP contribution in [0.3, 0.4) is 0 Å². The van der Waals surface area contributed by atoms with Crippen LogP contribution in [0.5, 0.6) is 0 Å². The summed E-state index contributed by atoms with van der Waals surface area (Å²) in [6.45, 7) is 4.22. The van der Waals surface area contributed by atoms with Crippen LogP contribution in [-0.2, 0) is 10.5 Å². The van der Waals surface area contributed by atoms with Gasteiger partial charge in [-0.2, -0.15) is 4.98 Å². The fraction of sp³-hybridized carbons (Fsp3) is 0.292. The number of anilines is 1. The molecule has 2 heterocycles. The number of benzene rings is 2. The number of Topliss-reactive ketones (excluding diaryl/α,β-unsaturated/α-hetero) is 1. The van der Waals surface area contributed by atoms with Gasteiger partial charge in [-0.25, -0.2) is 4.68 Å². The summed E-state index contributed by atoms with van der Waals surface area (Å²) in [5.74, 6) is 1.76. The summed E-state index contributed by atoms with van der Waals surface area (Å²) in [6, 6.07) is 16.4.